The molecule has 0 aliphatic carbocycles. The summed E-state index contributed by atoms with van der Waals surface area (Å²) >= 11 is 0. The highest BCUT2D eigenvalue weighted by Crippen LogP contribution is 2.33. The summed E-state index contributed by atoms with van der Waals surface area (Å²) < 4.78 is 52.8. The normalized spacial score (nSPS) is 20.8. The van der Waals surface area contributed by atoms with Crippen LogP contribution in [-0.4, -0.2) is 87.4 Å². The maximum Gasteiger partial charge on any atom is 0.450 e. The van der Waals surface area contributed by atoms with Crippen molar-refractivity contribution in [1.82, 2.24) is 19.4 Å². The third-order valence-electron chi connectivity index (χ3n) is 5.18. The van der Waals surface area contributed by atoms with Gasteiger partial charge in [0.1, 0.15) is 11.5 Å². The van der Waals surface area contributed by atoms with E-state index >= 15 is 0 Å². The van der Waals surface area contributed by atoms with Gasteiger partial charge in [-0.05, 0) is 13.2 Å². The lowest BCUT2D eigenvalue weighted by molar-refractivity contribution is -0.739. The van der Waals surface area contributed by atoms with Crippen LogP contribution >= 0.6 is 21.6 Å². The Morgan fingerprint density at radius 3 is 2.89 bits per heavy atom. The lowest BCUT2D eigenvalue weighted by Gasteiger charge is -2.20. The minimum absolute atomic E-state index is 0.123. The average Bonchev–Trinajstić information content (AvgIpc) is 3.41. The number of carbonyl (C=O) groups is 1. The third-order valence-corrected chi connectivity index (χ3v) is 7.15. The minimum Gasteiger partial charge on any atom is -0.394 e. The minimum atomic E-state index is -4.89. The van der Waals surface area contributed by atoms with Crippen LogP contribution in [0, 0.1) is 12.0 Å². The number of rotatable bonds is 10. The first-order chi connectivity index (χ1) is 17.5. The van der Waals surface area contributed by atoms with E-state index in [1.807, 2.05) is 13.2 Å². The number of carbonyl (C=O) groups excluding carboxylic acids is 1. The lowest BCUT2D eigenvalue weighted by atomic mass is 10.2. The van der Waals surface area contributed by atoms with Crippen molar-refractivity contribution in [1.29, 1.82) is 0 Å². The Hall–Kier alpha value is -2.38. The zero-order chi connectivity index (χ0) is 27.2. The molecule has 37 heavy (non-hydrogen) atoms. The number of halogens is 3. The highest BCUT2D eigenvalue weighted by Gasteiger charge is 2.41. The molecule has 0 aromatic carbocycles. The van der Waals surface area contributed by atoms with Crippen LogP contribution in [0.4, 0.5) is 19.0 Å². The maximum absolute atomic E-state index is 12.5. The molecule has 1 aliphatic heterocycles. The van der Waals surface area contributed by atoms with Gasteiger partial charge in [0.05, 0.1) is 25.1 Å². The molecule has 1 fully saturated rings. The predicted molar refractivity (Wildman–Crippen MR) is 134 cm³/mol. The summed E-state index contributed by atoms with van der Waals surface area (Å²) in [5, 5.41) is 9.86. The standard InChI is InChI=1S/C22H28F3N6O4S2/c1-14(37-36-4)34-15-9-18(35-16(15)10-32)31-13-30(8-6-5-7-17(33)22(23,24)25)19-20(28-12-29(2)3)26-11-27-21(19)31/h11-16,18,32H,5,7,9-10H2,1-4H3/q+1/t14-,15?,16+,18+/m0/s1. The first kappa shape index (κ1) is 29.2. The highest BCUT2D eigenvalue weighted by molar-refractivity contribution is 8.76. The number of aliphatic imine (C=N–C) groups is 1. The van der Waals surface area contributed by atoms with Gasteiger partial charge in [0.25, 0.3) is 0 Å². The van der Waals surface area contributed by atoms with Crippen LogP contribution in [0.15, 0.2) is 17.6 Å². The molecule has 2 aromatic rings. The number of aliphatic hydroxyl groups excluding tert-OH is 1. The smallest absolute Gasteiger partial charge is 0.394 e. The van der Waals surface area contributed by atoms with Gasteiger partial charge >= 0.3 is 11.8 Å². The van der Waals surface area contributed by atoms with Gasteiger partial charge in [0.15, 0.2) is 12.6 Å². The van der Waals surface area contributed by atoms with Crippen molar-refractivity contribution in [2.45, 2.75) is 56.2 Å². The number of Topliss-reactive ketones (excluding diaryl/α,β-unsaturated/α-hetero) is 1. The second-order valence-electron chi connectivity index (χ2n) is 8.23. The van der Waals surface area contributed by atoms with Gasteiger partial charge in [-0.2, -0.15) is 22.7 Å². The van der Waals surface area contributed by atoms with Crippen LogP contribution < -0.4 is 4.57 Å². The number of imidazole rings is 1. The van der Waals surface area contributed by atoms with Crippen molar-refractivity contribution in [3.05, 3.63) is 12.7 Å². The van der Waals surface area contributed by atoms with E-state index in [0.29, 0.717) is 17.6 Å². The quantitative estimate of drug-likeness (QED) is 0.117. The van der Waals surface area contributed by atoms with Gasteiger partial charge in [0.2, 0.25) is 23.4 Å². The van der Waals surface area contributed by atoms with E-state index in [1.54, 1.807) is 57.8 Å². The summed E-state index contributed by atoms with van der Waals surface area (Å²) in [5.41, 5.74) is 0.716. The van der Waals surface area contributed by atoms with E-state index in [0.717, 1.165) is 0 Å². The topological polar surface area (TPSA) is 106 Å². The molecule has 1 saturated heterocycles. The van der Waals surface area contributed by atoms with Crippen molar-refractivity contribution in [2.75, 3.05) is 27.0 Å². The molecule has 202 valence electrons. The molecular weight excluding hydrogens is 533 g/mol. The van der Waals surface area contributed by atoms with Crippen LogP contribution in [0.25, 0.3) is 11.2 Å². The Morgan fingerprint density at radius 2 is 2.24 bits per heavy atom. The zero-order valence-electron chi connectivity index (χ0n) is 20.7. The molecule has 1 unspecified atom stereocenters. The number of nitrogens with zero attached hydrogens (tertiary/aromatic N) is 6. The van der Waals surface area contributed by atoms with Crippen molar-refractivity contribution in [3.63, 3.8) is 0 Å². The van der Waals surface area contributed by atoms with Gasteiger partial charge in [-0.25, -0.2) is 9.56 Å². The molecule has 0 spiro atoms. The van der Waals surface area contributed by atoms with Crippen molar-refractivity contribution in [3.8, 4) is 12.0 Å². The molecular formula is C22H28F3N6O4S2+. The number of alkyl halides is 3. The average molecular weight is 562 g/mol. The fraction of sp³-hybridized carbons (Fsp3) is 0.591. The number of hydrogen-bond acceptors (Lipinski definition) is 9. The van der Waals surface area contributed by atoms with Crippen LogP contribution in [0.1, 0.15) is 32.4 Å². The van der Waals surface area contributed by atoms with E-state index in [2.05, 4.69) is 26.9 Å². The summed E-state index contributed by atoms with van der Waals surface area (Å²) in [6.07, 6.45) is -0.573. The number of hydrogen-bond donors (Lipinski definition) is 1. The summed E-state index contributed by atoms with van der Waals surface area (Å²) in [6.45, 7) is 1.68. The van der Waals surface area contributed by atoms with E-state index in [4.69, 9.17) is 9.47 Å². The molecule has 1 N–H and O–H groups in total. The summed E-state index contributed by atoms with van der Waals surface area (Å²) in [4.78, 5) is 25.8. The van der Waals surface area contributed by atoms with Crippen LogP contribution in [0.3, 0.4) is 0 Å². The molecule has 10 nitrogen and oxygen atoms in total. The fourth-order valence-electron chi connectivity index (χ4n) is 3.60. The Labute approximate surface area is 220 Å². The molecule has 0 saturated carbocycles. The third kappa shape index (κ3) is 7.57. The lowest BCUT2D eigenvalue weighted by Crippen LogP contribution is -2.39. The van der Waals surface area contributed by atoms with Gasteiger partial charge < -0.3 is 19.5 Å². The van der Waals surface area contributed by atoms with Gasteiger partial charge in [0, 0.05) is 33.4 Å². The molecule has 4 atom stereocenters. The predicted octanol–water partition coefficient (Wildman–Crippen LogP) is 2.68. The molecule has 0 amide bonds. The van der Waals surface area contributed by atoms with Crippen molar-refractivity contribution < 1.29 is 37.1 Å². The Balaban J connectivity index is 1.96. The van der Waals surface area contributed by atoms with Gasteiger partial charge in [-0.15, -0.1) is 0 Å². The second kappa shape index (κ2) is 12.9. The van der Waals surface area contributed by atoms with Gasteiger partial charge in [-0.1, -0.05) is 32.5 Å². The van der Waals surface area contributed by atoms with Crippen LogP contribution in [0.2, 0.25) is 0 Å². The number of ketones is 1. The summed E-state index contributed by atoms with van der Waals surface area (Å²) in [5.74, 6) is 1.07. The van der Waals surface area contributed by atoms with Crippen molar-refractivity contribution in [2.24, 2.45) is 4.99 Å². The first-order valence-electron chi connectivity index (χ1n) is 11.2. The number of aliphatic hydroxyl groups is 1. The SMILES string of the molecule is CSS[C@@H](C)OC1C[C@H]([n+]2cn(C#CCCC(=O)C(F)(F)F)c3c(N=CN(C)C)ncnc32)O[C@@H]1CO. The first-order valence-corrected chi connectivity index (χ1v) is 13.8. The summed E-state index contributed by atoms with van der Waals surface area (Å²) in [7, 11) is 6.70. The zero-order valence-corrected chi connectivity index (χ0v) is 22.3. The van der Waals surface area contributed by atoms with E-state index in [1.165, 1.54) is 10.9 Å². The number of aromatic nitrogens is 4. The molecule has 1 aliphatic rings. The fourth-order valence-corrected chi connectivity index (χ4v) is 5.01. The van der Waals surface area contributed by atoms with Crippen LogP contribution in [0.5, 0.6) is 0 Å². The Morgan fingerprint density at radius 1 is 1.49 bits per heavy atom. The number of fused-ring (bicyclic) bond motifs is 1. The second-order valence-corrected chi connectivity index (χ2v) is 11.0. The van der Waals surface area contributed by atoms with E-state index in [-0.39, 0.29) is 30.4 Å². The molecule has 3 heterocycles. The van der Waals surface area contributed by atoms with E-state index < -0.39 is 30.7 Å². The Bertz CT molecular complexity index is 1180. The molecule has 2 aromatic heterocycles. The molecule has 0 bridgehead atoms. The number of ether oxygens (including phenoxy) is 2. The Kier molecular flexibility index (Phi) is 10.2. The van der Waals surface area contributed by atoms with Crippen LogP contribution in [-0.2, 0) is 14.3 Å². The maximum atomic E-state index is 12.5. The largest absolute Gasteiger partial charge is 0.450 e. The molecule has 0 radical (unpaired) electrons. The van der Waals surface area contributed by atoms with Crippen molar-refractivity contribution >= 4 is 50.7 Å². The monoisotopic (exact) mass is 561 g/mol. The summed E-state index contributed by atoms with van der Waals surface area (Å²) in [6, 6.07) is 2.77. The van der Waals surface area contributed by atoms with Gasteiger partial charge in [-0.3, -0.25) is 4.79 Å². The highest BCUT2D eigenvalue weighted by atomic mass is 33.1. The molecule has 15 heteroatoms. The van der Waals surface area contributed by atoms with E-state index in [9.17, 15) is 23.1 Å². The molecule has 3 rings (SSSR count).